The van der Waals surface area contributed by atoms with Gasteiger partial charge < -0.3 is 5.32 Å². The van der Waals surface area contributed by atoms with Crippen molar-refractivity contribution >= 4 is 29.0 Å². The Morgan fingerprint density at radius 3 is 3.17 bits per heavy atom. The molecule has 1 aromatic heterocycles. The van der Waals surface area contributed by atoms with Crippen molar-refractivity contribution in [3.63, 3.8) is 0 Å². The van der Waals surface area contributed by atoms with Gasteiger partial charge in [-0.2, -0.15) is 11.8 Å². The van der Waals surface area contributed by atoms with Crippen LogP contribution in [-0.4, -0.2) is 41.9 Å². The fourth-order valence-corrected chi connectivity index (χ4v) is 3.71. The highest BCUT2D eigenvalue weighted by molar-refractivity contribution is 7.99. The minimum atomic E-state index is 0.124. The molecule has 0 aromatic carbocycles. The number of hydrogen-bond acceptors (Lipinski definition) is 4. The molecular formula is C13H20N2OS2. The van der Waals surface area contributed by atoms with Crippen LogP contribution >= 0.6 is 23.1 Å². The summed E-state index contributed by atoms with van der Waals surface area (Å²) in [6.45, 7) is 4.66. The number of thioether (sulfide) groups is 1. The van der Waals surface area contributed by atoms with Gasteiger partial charge in [0.25, 0.3) is 0 Å². The zero-order valence-electron chi connectivity index (χ0n) is 10.7. The lowest BCUT2D eigenvalue weighted by molar-refractivity contribution is -0.122. The van der Waals surface area contributed by atoms with E-state index in [1.165, 1.54) is 17.1 Å². The number of carbonyl (C=O) groups is 1. The van der Waals surface area contributed by atoms with Gasteiger partial charge in [0.2, 0.25) is 5.91 Å². The fraction of sp³-hybridized carbons (Fsp3) is 0.615. The Balaban J connectivity index is 1.77. The summed E-state index contributed by atoms with van der Waals surface area (Å²) in [5.41, 5.74) is 0. The third kappa shape index (κ3) is 4.30. The summed E-state index contributed by atoms with van der Waals surface area (Å²) < 4.78 is 0. The van der Waals surface area contributed by atoms with E-state index >= 15 is 0 Å². The second kappa shape index (κ2) is 7.16. The Kier molecular flexibility index (Phi) is 5.53. The topological polar surface area (TPSA) is 32.3 Å². The van der Waals surface area contributed by atoms with Gasteiger partial charge in [-0.15, -0.1) is 11.3 Å². The molecule has 100 valence electrons. The number of thiophene rings is 1. The summed E-state index contributed by atoms with van der Waals surface area (Å²) in [4.78, 5) is 15.5. The molecule has 1 fully saturated rings. The van der Waals surface area contributed by atoms with Crippen LogP contribution in [0.4, 0.5) is 0 Å². The zero-order valence-corrected chi connectivity index (χ0v) is 12.4. The van der Waals surface area contributed by atoms with Crippen molar-refractivity contribution in [3.05, 3.63) is 22.4 Å². The van der Waals surface area contributed by atoms with E-state index in [-0.39, 0.29) is 11.9 Å². The molecule has 1 amide bonds. The van der Waals surface area contributed by atoms with E-state index in [2.05, 4.69) is 16.3 Å². The molecule has 0 saturated carbocycles. The van der Waals surface area contributed by atoms with Gasteiger partial charge in [0.05, 0.1) is 12.6 Å². The normalized spacial score (nSPS) is 19.2. The van der Waals surface area contributed by atoms with Gasteiger partial charge in [0, 0.05) is 17.2 Å². The molecule has 0 bridgehead atoms. The van der Waals surface area contributed by atoms with Crippen LogP contribution in [0.2, 0.25) is 0 Å². The molecule has 0 unspecified atom stereocenters. The molecule has 18 heavy (non-hydrogen) atoms. The van der Waals surface area contributed by atoms with Gasteiger partial charge in [0.1, 0.15) is 0 Å². The van der Waals surface area contributed by atoms with Crippen LogP contribution in [0.5, 0.6) is 0 Å². The lowest BCUT2D eigenvalue weighted by atomic mass is 10.2. The summed E-state index contributed by atoms with van der Waals surface area (Å²) in [6, 6.07) is 4.21. The van der Waals surface area contributed by atoms with E-state index in [0.717, 1.165) is 18.8 Å². The van der Waals surface area contributed by atoms with Crippen LogP contribution < -0.4 is 5.32 Å². The van der Waals surface area contributed by atoms with Crippen molar-refractivity contribution in [3.8, 4) is 0 Å². The smallest absolute Gasteiger partial charge is 0.234 e. The zero-order chi connectivity index (χ0) is 12.8. The third-order valence-corrected chi connectivity index (χ3v) is 5.13. The van der Waals surface area contributed by atoms with Crippen molar-refractivity contribution in [1.29, 1.82) is 0 Å². The SMILES string of the molecule is C[C@H](NC(=O)CN1CCCSCC1)c1cccs1. The summed E-state index contributed by atoms with van der Waals surface area (Å²) in [5, 5.41) is 5.12. The molecule has 1 N–H and O–H groups in total. The van der Waals surface area contributed by atoms with Crippen LogP contribution in [0, 0.1) is 0 Å². The maximum Gasteiger partial charge on any atom is 0.234 e. The van der Waals surface area contributed by atoms with E-state index in [1.54, 1.807) is 11.3 Å². The average Bonchev–Trinajstić information content (AvgIpc) is 2.76. The molecule has 1 saturated heterocycles. The second-order valence-electron chi connectivity index (χ2n) is 4.55. The average molecular weight is 284 g/mol. The molecule has 0 radical (unpaired) electrons. The van der Waals surface area contributed by atoms with Crippen molar-refractivity contribution in [1.82, 2.24) is 10.2 Å². The van der Waals surface area contributed by atoms with Crippen LogP contribution in [0.15, 0.2) is 17.5 Å². The number of nitrogens with zero attached hydrogens (tertiary/aromatic N) is 1. The lowest BCUT2D eigenvalue weighted by Crippen LogP contribution is -2.39. The molecule has 2 heterocycles. The maximum atomic E-state index is 12.0. The Hall–Kier alpha value is -0.520. The van der Waals surface area contributed by atoms with E-state index in [1.807, 2.05) is 30.1 Å². The lowest BCUT2D eigenvalue weighted by Gasteiger charge is -2.20. The number of amides is 1. The van der Waals surface area contributed by atoms with Gasteiger partial charge in [0.15, 0.2) is 0 Å². The quantitative estimate of drug-likeness (QED) is 0.921. The van der Waals surface area contributed by atoms with Crippen LogP contribution in [-0.2, 0) is 4.79 Å². The first kappa shape index (κ1) is 13.9. The highest BCUT2D eigenvalue weighted by Gasteiger charge is 2.15. The molecule has 1 atom stereocenters. The summed E-state index contributed by atoms with van der Waals surface area (Å²) in [7, 11) is 0. The Morgan fingerprint density at radius 1 is 1.50 bits per heavy atom. The first-order valence-electron chi connectivity index (χ1n) is 6.38. The van der Waals surface area contributed by atoms with Gasteiger partial charge in [-0.1, -0.05) is 6.07 Å². The molecule has 1 aliphatic heterocycles. The van der Waals surface area contributed by atoms with Crippen LogP contribution in [0.3, 0.4) is 0 Å². The molecule has 1 aliphatic rings. The minimum Gasteiger partial charge on any atom is -0.348 e. The first-order valence-corrected chi connectivity index (χ1v) is 8.42. The Bertz CT molecular complexity index is 359. The highest BCUT2D eigenvalue weighted by atomic mass is 32.2. The van der Waals surface area contributed by atoms with Crippen molar-refractivity contribution in [2.24, 2.45) is 0 Å². The van der Waals surface area contributed by atoms with E-state index in [0.29, 0.717) is 6.54 Å². The van der Waals surface area contributed by atoms with E-state index in [4.69, 9.17) is 0 Å². The minimum absolute atomic E-state index is 0.124. The van der Waals surface area contributed by atoms with Gasteiger partial charge in [-0.3, -0.25) is 9.69 Å². The molecule has 1 aromatic rings. The van der Waals surface area contributed by atoms with Gasteiger partial charge in [-0.05, 0) is 37.1 Å². The number of hydrogen-bond donors (Lipinski definition) is 1. The standard InChI is InChI=1S/C13H20N2OS2/c1-11(12-4-2-8-18-12)14-13(16)10-15-5-3-7-17-9-6-15/h2,4,8,11H,3,5-7,9-10H2,1H3,(H,14,16)/t11-/m0/s1. The second-order valence-corrected chi connectivity index (χ2v) is 6.75. The molecule has 0 aliphatic carbocycles. The Morgan fingerprint density at radius 2 is 2.39 bits per heavy atom. The van der Waals surface area contributed by atoms with E-state index < -0.39 is 0 Å². The third-order valence-electron chi connectivity index (χ3n) is 3.03. The van der Waals surface area contributed by atoms with E-state index in [9.17, 15) is 4.79 Å². The Labute approximate surface area is 117 Å². The maximum absolute atomic E-state index is 12.0. The largest absolute Gasteiger partial charge is 0.348 e. The summed E-state index contributed by atoms with van der Waals surface area (Å²) in [5.74, 6) is 2.51. The predicted octanol–water partition coefficient (Wildman–Crippen LogP) is 2.36. The number of rotatable bonds is 4. The predicted molar refractivity (Wildman–Crippen MR) is 79.3 cm³/mol. The van der Waals surface area contributed by atoms with Gasteiger partial charge >= 0.3 is 0 Å². The van der Waals surface area contributed by atoms with Crippen LogP contribution in [0.1, 0.15) is 24.3 Å². The van der Waals surface area contributed by atoms with Crippen molar-refractivity contribution < 1.29 is 4.79 Å². The molecular weight excluding hydrogens is 264 g/mol. The fourth-order valence-electron chi connectivity index (χ4n) is 2.05. The monoisotopic (exact) mass is 284 g/mol. The van der Waals surface area contributed by atoms with Crippen LogP contribution in [0.25, 0.3) is 0 Å². The number of carbonyl (C=O) groups excluding carboxylic acids is 1. The summed E-state index contributed by atoms with van der Waals surface area (Å²) >= 11 is 3.68. The molecule has 0 spiro atoms. The molecule has 5 heteroatoms. The summed E-state index contributed by atoms with van der Waals surface area (Å²) in [6.07, 6.45) is 1.19. The van der Waals surface area contributed by atoms with Crippen molar-refractivity contribution in [2.75, 3.05) is 31.1 Å². The first-order chi connectivity index (χ1) is 8.75. The molecule has 2 rings (SSSR count). The molecule has 3 nitrogen and oxygen atoms in total. The highest BCUT2D eigenvalue weighted by Crippen LogP contribution is 2.18. The van der Waals surface area contributed by atoms with Gasteiger partial charge in [-0.25, -0.2) is 0 Å². The van der Waals surface area contributed by atoms with Crippen molar-refractivity contribution in [2.45, 2.75) is 19.4 Å². The number of nitrogens with one attached hydrogen (secondary N) is 1.